The predicted octanol–water partition coefficient (Wildman–Crippen LogP) is 1.60. The molecule has 0 saturated carbocycles. The van der Waals surface area contributed by atoms with E-state index < -0.39 is 0 Å². The Balaban J connectivity index is 1.86. The molecular weight excluding hydrogens is 254 g/mol. The van der Waals surface area contributed by atoms with Gasteiger partial charge in [-0.2, -0.15) is 0 Å². The lowest BCUT2D eigenvalue weighted by molar-refractivity contribution is -0.107. The standard InChI is InChI=1S/C15H21N3O2/c1-17-8-10-18(11-9-17)15(20)16-14-6-4-13(5-7-14)3-2-12-19/h4-7,12H,2-3,8-11H2,1H3,(H,16,20). The molecule has 1 heterocycles. The summed E-state index contributed by atoms with van der Waals surface area (Å²) in [5.41, 5.74) is 1.90. The first-order valence-corrected chi connectivity index (χ1v) is 6.96. The van der Waals surface area contributed by atoms with Crippen LogP contribution >= 0.6 is 0 Å². The number of carbonyl (C=O) groups is 2. The molecule has 0 spiro atoms. The van der Waals surface area contributed by atoms with Gasteiger partial charge in [0.1, 0.15) is 6.29 Å². The second-order valence-electron chi connectivity index (χ2n) is 5.12. The van der Waals surface area contributed by atoms with E-state index in [1.54, 1.807) is 0 Å². The molecule has 20 heavy (non-hydrogen) atoms. The molecule has 1 N–H and O–H groups in total. The zero-order chi connectivity index (χ0) is 14.4. The smallest absolute Gasteiger partial charge is 0.321 e. The maximum Gasteiger partial charge on any atom is 0.321 e. The van der Waals surface area contributed by atoms with Crippen molar-refractivity contribution in [1.82, 2.24) is 9.80 Å². The van der Waals surface area contributed by atoms with Gasteiger partial charge in [0, 0.05) is 38.3 Å². The van der Waals surface area contributed by atoms with Gasteiger partial charge in [-0.3, -0.25) is 0 Å². The molecule has 0 aliphatic carbocycles. The summed E-state index contributed by atoms with van der Waals surface area (Å²) in [6.45, 7) is 3.36. The van der Waals surface area contributed by atoms with Gasteiger partial charge in [-0.1, -0.05) is 12.1 Å². The van der Waals surface area contributed by atoms with E-state index in [0.29, 0.717) is 6.42 Å². The molecule has 2 amide bonds. The third-order valence-corrected chi connectivity index (χ3v) is 3.55. The van der Waals surface area contributed by atoms with Gasteiger partial charge in [0.05, 0.1) is 0 Å². The van der Waals surface area contributed by atoms with Gasteiger partial charge in [0.2, 0.25) is 0 Å². The SMILES string of the molecule is CN1CCN(C(=O)Nc2ccc(CCC=O)cc2)CC1. The predicted molar refractivity (Wildman–Crippen MR) is 78.9 cm³/mol. The van der Waals surface area contributed by atoms with Gasteiger partial charge in [-0.05, 0) is 31.2 Å². The van der Waals surface area contributed by atoms with Crippen LogP contribution in [0.25, 0.3) is 0 Å². The summed E-state index contributed by atoms with van der Waals surface area (Å²) >= 11 is 0. The minimum Gasteiger partial charge on any atom is -0.322 e. The highest BCUT2D eigenvalue weighted by molar-refractivity contribution is 5.89. The summed E-state index contributed by atoms with van der Waals surface area (Å²) in [5.74, 6) is 0. The van der Waals surface area contributed by atoms with Crippen molar-refractivity contribution in [3.63, 3.8) is 0 Å². The van der Waals surface area contributed by atoms with Crippen molar-refractivity contribution in [1.29, 1.82) is 0 Å². The van der Waals surface area contributed by atoms with E-state index in [-0.39, 0.29) is 6.03 Å². The van der Waals surface area contributed by atoms with E-state index in [4.69, 9.17) is 0 Å². The Morgan fingerprint density at radius 1 is 1.20 bits per heavy atom. The van der Waals surface area contributed by atoms with Gasteiger partial charge in [0.25, 0.3) is 0 Å². The van der Waals surface area contributed by atoms with Crippen molar-refractivity contribution < 1.29 is 9.59 Å². The number of urea groups is 1. The maximum absolute atomic E-state index is 12.1. The quantitative estimate of drug-likeness (QED) is 0.849. The minimum absolute atomic E-state index is 0.0428. The molecule has 0 unspecified atom stereocenters. The van der Waals surface area contributed by atoms with Gasteiger partial charge in [-0.15, -0.1) is 0 Å². The van der Waals surface area contributed by atoms with Crippen molar-refractivity contribution >= 4 is 18.0 Å². The molecule has 0 atom stereocenters. The maximum atomic E-state index is 12.1. The van der Waals surface area contributed by atoms with Crippen LogP contribution in [-0.2, 0) is 11.2 Å². The second kappa shape index (κ2) is 7.05. The lowest BCUT2D eigenvalue weighted by Gasteiger charge is -2.32. The number of nitrogens with one attached hydrogen (secondary N) is 1. The third kappa shape index (κ3) is 4.06. The fourth-order valence-electron chi connectivity index (χ4n) is 2.19. The number of benzene rings is 1. The van der Waals surface area contributed by atoms with Crippen LogP contribution in [0, 0.1) is 0 Å². The normalized spacial score (nSPS) is 15.9. The molecule has 5 nitrogen and oxygen atoms in total. The second-order valence-corrected chi connectivity index (χ2v) is 5.12. The molecular formula is C15H21N3O2. The lowest BCUT2D eigenvalue weighted by atomic mass is 10.1. The van der Waals surface area contributed by atoms with E-state index in [9.17, 15) is 9.59 Å². The summed E-state index contributed by atoms with van der Waals surface area (Å²) in [7, 11) is 2.06. The number of rotatable bonds is 4. The highest BCUT2D eigenvalue weighted by atomic mass is 16.2. The van der Waals surface area contributed by atoms with Crippen LogP contribution in [0.15, 0.2) is 24.3 Å². The zero-order valence-corrected chi connectivity index (χ0v) is 11.8. The molecule has 2 rings (SSSR count). The number of hydrogen-bond donors (Lipinski definition) is 1. The number of amides is 2. The van der Waals surface area contributed by atoms with Crippen LogP contribution in [0.2, 0.25) is 0 Å². The Bertz CT molecular complexity index is 451. The topological polar surface area (TPSA) is 52.6 Å². The molecule has 5 heteroatoms. The average Bonchev–Trinajstić information content (AvgIpc) is 2.47. The number of aryl methyl sites for hydroxylation is 1. The highest BCUT2D eigenvalue weighted by Crippen LogP contribution is 2.12. The number of aldehydes is 1. The molecule has 0 radical (unpaired) electrons. The number of carbonyl (C=O) groups excluding carboxylic acids is 2. The molecule has 1 aromatic carbocycles. The number of nitrogens with zero attached hydrogens (tertiary/aromatic N) is 2. The number of piperazine rings is 1. The van der Waals surface area contributed by atoms with Crippen molar-refractivity contribution in [2.75, 3.05) is 38.5 Å². The molecule has 108 valence electrons. The van der Waals surface area contributed by atoms with Gasteiger partial charge < -0.3 is 19.9 Å². The summed E-state index contributed by atoms with van der Waals surface area (Å²) in [6.07, 6.45) is 2.20. The fraction of sp³-hybridized carbons (Fsp3) is 0.467. The number of anilines is 1. The Hall–Kier alpha value is -1.88. The van der Waals surface area contributed by atoms with E-state index >= 15 is 0 Å². The summed E-state index contributed by atoms with van der Waals surface area (Å²) < 4.78 is 0. The molecule has 1 aromatic rings. The van der Waals surface area contributed by atoms with E-state index in [1.165, 1.54) is 0 Å². The number of likely N-dealkylation sites (N-methyl/N-ethyl adjacent to an activating group) is 1. The fourth-order valence-corrected chi connectivity index (χ4v) is 2.19. The van der Waals surface area contributed by atoms with Crippen LogP contribution in [0.5, 0.6) is 0 Å². The summed E-state index contributed by atoms with van der Waals surface area (Å²) in [6, 6.07) is 7.62. The Morgan fingerprint density at radius 3 is 2.45 bits per heavy atom. The first-order chi connectivity index (χ1) is 9.69. The number of hydrogen-bond acceptors (Lipinski definition) is 3. The van der Waals surface area contributed by atoms with E-state index in [2.05, 4.69) is 17.3 Å². The molecule has 1 fully saturated rings. The van der Waals surface area contributed by atoms with Crippen LogP contribution in [0.4, 0.5) is 10.5 Å². The van der Waals surface area contributed by atoms with Crippen LogP contribution in [0.1, 0.15) is 12.0 Å². The van der Waals surface area contributed by atoms with Crippen molar-refractivity contribution in [2.24, 2.45) is 0 Å². The molecule has 1 saturated heterocycles. The van der Waals surface area contributed by atoms with Gasteiger partial charge >= 0.3 is 6.03 Å². The van der Waals surface area contributed by atoms with Gasteiger partial charge in [-0.25, -0.2) is 4.79 Å². The van der Waals surface area contributed by atoms with Crippen LogP contribution in [0.3, 0.4) is 0 Å². The monoisotopic (exact) mass is 275 g/mol. The van der Waals surface area contributed by atoms with E-state index in [1.807, 2.05) is 29.2 Å². The minimum atomic E-state index is -0.0428. The Morgan fingerprint density at radius 2 is 1.85 bits per heavy atom. The van der Waals surface area contributed by atoms with Crippen molar-refractivity contribution in [3.05, 3.63) is 29.8 Å². The largest absolute Gasteiger partial charge is 0.322 e. The molecule has 0 bridgehead atoms. The lowest BCUT2D eigenvalue weighted by Crippen LogP contribution is -2.48. The summed E-state index contributed by atoms with van der Waals surface area (Å²) in [4.78, 5) is 26.5. The molecule has 1 aliphatic rings. The highest BCUT2D eigenvalue weighted by Gasteiger charge is 2.18. The first-order valence-electron chi connectivity index (χ1n) is 6.96. The molecule has 1 aliphatic heterocycles. The Kier molecular flexibility index (Phi) is 5.12. The van der Waals surface area contributed by atoms with Crippen molar-refractivity contribution in [2.45, 2.75) is 12.8 Å². The van der Waals surface area contributed by atoms with Gasteiger partial charge in [0.15, 0.2) is 0 Å². The average molecular weight is 275 g/mol. The van der Waals surface area contributed by atoms with Crippen molar-refractivity contribution in [3.8, 4) is 0 Å². The zero-order valence-electron chi connectivity index (χ0n) is 11.8. The Labute approximate surface area is 119 Å². The molecule has 0 aromatic heterocycles. The first kappa shape index (κ1) is 14.5. The van der Waals surface area contributed by atoms with E-state index in [0.717, 1.165) is 50.1 Å². The van der Waals surface area contributed by atoms with Crippen LogP contribution < -0.4 is 5.32 Å². The van der Waals surface area contributed by atoms with Crippen LogP contribution in [-0.4, -0.2) is 55.3 Å². The summed E-state index contributed by atoms with van der Waals surface area (Å²) in [5, 5.41) is 2.91. The third-order valence-electron chi connectivity index (χ3n) is 3.55.